The van der Waals surface area contributed by atoms with E-state index in [0.717, 1.165) is 11.3 Å². The second-order valence-corrected chi connectivity index (χ2v) is 7.57. The van der Waals surface area contributed by atoms with Crippen LogP contribution in [-0.2, 0) is 16.0 Å². The van der Waals surface area contributed by atoms with Gasteiger partial charge < -0.3 is 14.3 Å². The first-order valence-electron chi connectivity index (χ1n) is 9.84. The fourth-order valence-electron chi connectivity index (χ4n) is 4.08. The molecule has 1 aromatic carbocycles. The zero-order chi connectivity index (χ0) is 20.5. The number of amides is 4. The van der Waals surface area contributed by atoms with Crippen LogP contribution in [0.15, 0.2) is 34.9 Å². The van der Waals surface area contributed by atoms with Gasteiger partial charge in [0.25, 0.3) is 5.91 Å². The van der Waals surface area contributed by atoms with Crippen LogP contribution >= 0.6 is 0 Å². The predicted molar refractivity (Wildman–Crippen MR) is 105 cm³/mol. The summed E-state index contributed by atoms with van der Waals surface area (Å²) in [6.45, 7) is 4.86. The van der Waals surface area contributed by atoms with Gasteiger partial charge >= 0.3 is 6.03 Å². The zero-order valence-corrected chi connectivity index (χ0v) is 16.6. The smallest absolute Gasteiger partial charge is 0.332 e. The molecule has 2 aromatic rings. The van der Waals surface area contributed by atoms with Crippen LogP contribution < -0.4 is 4.90 Å². The molecule has 2 saturated heterocycles. The van der Waals surface area contributed by atoms with Crippen molar-refractivity contribution in [2.45, 2.75) is 39.2 Å². The number of rotatable bonds is 4. The summed E-state index contributed by atoms with van der Waals surface area (Å²) in [5.41, 5.74) is 2.18. The van der Waals surface area contributed by atoms with Crippen molar-refractivity contribution in [2.24, 2.45) is 0 Å². The molecule has 4 rings (SSSR count). The van der Waals surface area contributed by atoms with E-state index < -0.39 is 0 Å². The number of para-hydroxylation sites is 1. The Bertz CT molecular complexity index is 912. The standard InChI is InChI=1S/C21H24N4O4/c1-14-18(15(2)29-22-14)12-19(26)23-10-8-16(9-11-23)24-13-20(27)25(21(24)28)17-6-4-3-5-7-17/h3-7,16H,8-13H2,1-2H3. The first-order valence-corrected chi connectivity index (χ1v) is 9.84. The average Bonchev–Trinajstić information content (AvgIpc) is 3.21. The normalized spacial score (nSPS) is 18.1. The molecular weight excluding hydrogens is 372 g/mol. The number of benzene rings is 1. The molecule has 8 nitrogen and oxygen atoms in total. The van der Waals surface area contributed by atoms with Gasteiger partial charge in [0, 0.05) is 24.7 Å². The van der Waals surface area contributed by atoms with E-state index in [-0.39, 0.29) is 36.9 Å². The van der Waals surface area contributed by atoms with Gasteiger partial charge in [-0.1, -0.05) is 23.4 Å². The van der Waals surface area contributed by atoms with Gasteiger partial charge in [0.2, 0.25) is 5.91 Å². The Kier molecular flexibility index (Phi) is 5.08. The summed E-state index contributed by atoms with van der Waals surface area (Å²) in [5.74, 6) is 0.499. The maximum Gasteiger partial charge on any atom is 0.332 e. The predicted octanol–water partition coefficient (Wildman–Crippen LogP) is 2.29. The average molecular weight is 396 g/mol. The maximum atomic E-state index is 12.9. The second-order valence-electron chi connectivity index (χ2n) is 7.57. The molecule has 3 heterocycles. The van der Waals surface area contributed by atoms with Gasteiger partial charge in [-0.05, 0) is 38.8 Å². The number of hydrogen-bond acceptors (Lipinski definition) is 5. The molecule has 152 valence electrons. The highest BCUT2D eigenvalue weighted by atomic mass is 16.5. The van der Waals surface area contributed by atoms with Gasteiger partial charge in [0.1, 0.15) is 12.3 Å². The molecular formula is C21H24N4O4. The number of likely N-dealkylation sites (tertiary alicyclic amines) is 1. The van der Waals surface area contributed by atoms with Gasteiger partial charge in [-0.15, -0.1) is 0 Å². The van der Waals surface area contributed by atoms with Gasteiger partial charge in [-0.25, -0.2) is 9.69 Å². The highest BCUT2D eigenvalue weighted by Gasteiger charge is 2.41. The third-order valence-corrected chi connectivity index (χ3v) is 5.77. The molecule has 0 aliphatic carbocycles. The lowest BCUT2D eigenvalue weighted by Crippen LogP contribution is -2.48. The highest BCUT2D eigenvalue weighted by molar-refractivity contribution is 6.19. The number of carbonyl (C=O) groups excluding carboxylic acids is 3. The van der Waals surface area contributed by atoms with Gasteiger partial charge in [0.05, 0.1) is 17.8 Å². The number of aromatic nitrogens is 1. The lowest BCUT2D eigenvalue weighted by Gasteiger charge is -2.36. The van der Waals surface area contributed by atoms with Crippen LogP contribution in [0.5, 0.6) is 0 Å². The van der Waals surface area contributed by atoms with Crippen LogP contribution in [0.25, 0.3) is 0 Å². The largest absolute Gasteiger partial charge is 0.361 e. The van der Waals surface area contributed by atoms with E-state index in [2.05, 4.69) is 5.16 Å². The second kappa shape index (κ2) is 7.69. The molecule has 4 amide bonds. The van der Waals surface area contributed by atoms with E-state index in [1.807, 2.05) is 36.9 Å². The Hall–Kier alpha value is -3.16. The summed E-state index contributed by atoms with van der Waals surface area (Å²) in [6, 6.07) is 8.67. The molecule has 0 atom stereocenters. The van der Waals surface area contributed by atoms with Crippen molar-refractivity contribution >= 4 is 23.5 Å². The van der Waals surface area contributed by atoms with Gasteiger partial charge in [-0.3, -0.25) is 9.59 Å². The molecule has 8 heteroatoms. The number of hydrogen-bond donors (Lipinski definition) is 0. The fraction of sp³-hybridized carbons (Fsp3) is 0.429. The molecule has 29 heavy (non-hydrogen) atoms. The fourth-order valence-corrected chi connectivity index (χ4v) is 4.08. The third kappa shape index (κ3) is 3.62. The summed E-state index contributed by atoms with van der Waals surface area (Å²) < 4.78 is 5.13. The topological polar surface area (TPSA) is 87.0 Å². The molecule has 1 aromatic heterocycles. The minimum Gasteiger partial charge on any atom is -0.361 e. The van der Waals surface area contributed by atoms with Crippen LogP contribution in [0, 0.1) is 13.8 Å². The van der Waals surface area contributed by atoms with Crippen LogP contribution in [0.4, 0.5) is 10.5 Å². The quantitative estimate of drug-likeness (QED) is 0.740. The van der Waals surface area contributed by atoms with Crippen LogP contribution in [-0.4, -0.2) is 58.5 Å². The number of imide groups is 1. The summed E-state index contributed by atoms with van der Waals surface area (Å²) in [5, 5.41) is 3.90. The maximum absolute atomic E-state index is 12.9. The van der Waals surface area contributed by atoms with Crippen molar-refractivity contribution in [3.05, 3.63) is 47.3 Å². The van der Waals surface area contributed by atoms with E-state index in [1.165, 1.54) is 4.90 Å². The lowest BCUT2D eigenvalue weighted by molar-refractivity contribution is -0.132. The molecule has 0 N–H and O–H groups in total. The Morgan fingerprint density at radius 1 is 1.14 bits per heavy atom. The number of carbonyl (C=O) groups is 3. The summed E-state index contributed by atoms with van der Waals surface area (Å²) in [4.78, 5) is 42.7. The van der Waals surface area contributed by atoms with E-state index in [9.17, 15) is 14.4 Å². The number of anilines is 1. The molecule has 0 spiro atoms. The lowest BCUT2D eigenvalue weighted by atomic mass is 10.0. The van der Waals surface area contributed by atoms with Crippen molar-refractivity contribution < 1.29 is 18.9 Å². The molecule has 2 fully saturated rings. The van der Waals surface area contributed by atoms with Crippen molar-refractivity contribution in [2.75, 3.05) is 24.5 Å². The van der Waals surface area contributed by atoms with Gasteiger partial charge in [-0.2, -0.15) is 0 Å². The van der Waals surface area contributed by atoms with E-state index >= 15 is 0 Å². The van der Waals surface area contributed by atoms with Crippen LogP contribution in [0.3, 0.4) is 0 Å². The summed E-state index contributed by atoms with van der Waals surface area (Å²) in [7, 11) is 0. The Balaban J connectivity index is 1.37. The van der Waals surface area contributed by atoms with Crippen molar-refractivity contribution in [3.63, 3.8) is 0 Å². The highest BCUT2D eigenvalue weighted by Crippen LogP contribution is 2.26. The Labute approximate surface area is 169 Å². The number of urea groups is 1. The summed E-state index contributed by atoms with van der Waals surface area (Å²) >= 11 is 0. The van der Waals surface area contributed by atoms with E-state index in [0.29, 0.717) is 37.4 Å². The Morgan fingerprint density at radius 2 is 1.83 bits per heavy atom. The SMILES string of the molecule is Cc1noc(C)c1CC(=O)N1CCC(N2CC(=O)N(c3ccccc3)C2=O)CC1. The number of piperidine rings is 1. The van der Waals surface area contributed by atoms with Gasteiger partial charge in [0.15, 0.2) is 0 Å². The molecule has 0 radical (unpaired) electrons. The summed E-state index contributed by atoms with van der Waals surface area (Å²) in [6.07, 6.45) is 1.60. The van der Waals surface area contributed by atoms with E-state index in [4.69, 9.17) is 4.52 Å². The van der Waals surface area contributed by atoms with Crippen LogP contribution in [0.1, 0.15) is 29.9 Å². The van der Waals surface area contributed by atoms with Crippen molar-refractivity contribution in [1.82, 2.24) is 15.0 Å². The minimum absolute atomic E-state index is 0.0348. The minimum atomic E-state index is -0.276. The monoisotopic (exact) mass is 396 g/mol. The molecule has 2 aliphatic rings. The number of aryl methyl sites for hydroxylation is 2. The molecule has 2 aliphatic heterocycles. The van der Waals surface area contributed by atoms with Crippen LogP contribution in [0.2, 0.25) is 0 Å². The first-order chi connectivity index (χ1) is 14.0. The molecule has 0 unspecified atom stereocenters. The van der Waals surface area contributed by atoms with E-state index in [1.54, 1.807) is 17.0 Å². The van der Waals surface area contributed by atoms with Crippen molar-refractivity contribution in [1.29, 1.82) is 0 Å². The number of nitrogens with zero attached hydrogens (tertiary/aromatic N) is 4. The first kappa shape index (κ1) is 19.2. The zero-order valence-electron chi connectivity index (χ0n) is 16.6. The Morgan fingerprint density at radius 3 is 2.45 bits per heavy atom. The molecule has 0 saturated carbocycles. The van der Waals surface area contributed by atoms with Crippen molar-refractivity contribution in [3.8, 4) is 0 Å². The third-order valence-electron chi connectivity index (χ3n) is 5.77. The molecule has 0 bridgehead atoms.